The second kappa shape index (κ2) is 5.56. The van der Waals surface area contributed by atoms with E-state index in [1.165, 1.54) is 53.7 Å². The fourth-order valence-corrected chi connectivity index (χ4v) is 5.42. The van der Waals surface area contributed by atoms with Crippen molar-refractivity contribution < 1.29 is 9.30 Å². The van der Waals surface area contributed by atoms with Crippen LogP contribution in [0.3, 0.4) is 0 Å². The molecule has 2 aromatic carbocycles. The molecule has 0 radical (unpaired) electrons. The molecule has 0 bridgehead atoms. The predicted molar refractivity (Wildman–Crippen MR) is 114 cm³/mol. The third kappa shape index (κ3) is 2.28. The molecule has 0 N–H and O–H groups in total. The Bertz CT molecular complexity index is 1260. The third-order valence-corrected chi connectivity index (χ3v) is 7.16. The van der Waals surface area contributed by atoms with Crippen molar-refractivity contribution in [2.45, 2.75) is 40.5 Å². The van der Waals surface area contributed by atoms with Crippen LogP contribution >= 0.6 is 11.3 Å². The van der Waals surface area contributed by atoms with E-state index in [1.807, 2.05) is 11.3 Å². The van der Waals surface area contributed by atoms with Gasteiger partial charge in [0.15, 0.2) is 6.20 Å². The Morgan fingerprint density at radius 1 is 1.04 bits per heavy atom. The average Bonchev–Trinajstić information content (AvgIpc) is 3.02. The number of thiophene rings is 1. The summed E-state index contributed by atoms with van der Waals surface area (Å²) in [5.41, 5.74) is 6.42. The number of pyridine rings is 1. The fraction of sp³-hybridized carbons (Fsp3) is 0.292. The molecule has 0 unspecified atom stereocenters. The second-order valence-corrected chi connectivity index (χ2v) is 9.27. The maximum absolute atomic E-state index is 6.60. The summed E-state index contributed by atoms with van der Waals surface area (Å²) in [4.78, 5) is 1.41. The van der Waals surface area contributed by atoms with Crippen molar-refractivity contribution in [3.8, 4) is 22.8 Å². The molecule has 0 fully saturated rings. The van der Waals surface area contributed by atoms with Crippen LogP contribution in [0.2, 0.25) is 0 Å². The lowest BCUT2D eigenvalue weighted by atomic mass is 9.89. The molecule has 5 rings (SSSR count). The Morgan fingerprint density at radius 3 is 2.56 bits per heavy atom. The van der Waals surface area contributed by atoms with Crippen LogP contribution in [-0.2, 0) is 7.05 Å². The molecule has 2 nitrogen and oxygen atoms in total. The highest BCUT2D eigenvalue weighted by Gasteiger charge is 2.32. The molecule has 0 atom stereocenters. The molecule has 0 saturated carbocycles. The SMILES string of the molecule is Cc1cc2c3c(c(C)c(C)cc3c1)-c1c(c3cc(C(C)C)sc3c[n+]1C)O2. The Morgan fingerprint density at radius 2 is 1.81 bits per heavy atom. The van der Waals surface area contributed by atoms with Gasteiger partial charge in [-0.1, -0.05) is 26.0 Å². The topological polar surface area (TPSA) is 13.1 Å². The highest BCUT2D eigenvalue weighted by atomic mass is 32.1. The quantitative estimate of drug-likeness (QED) is 0.298. The third-order valence-electron chi connectivity index (χ3n) is 5.79. The summed E-state index contributed by atoms with van der Waals surface area (Å²) in [6.07, 6.45) is 2.26. The van der Waals surface area contributed by atoms with Gasteiger partial charge in [-0.2, -0.15) is 4.57 Å². The fourth-order valence-electron chi connectivity index (χ4n) is 4.28. The summed E-state index contributed by atoms with van der Waals surface area (Å²) < 4.78 is 10.1. The molecular weight excluding hydrogens is 350 g/mol. The minimum atomic E-state index is 0.522. The Labute approximate surface area is 164 Å². The largest absolute Gasteiger partial charge is 0.449 e. The van der Waals surface area contributed by atoms with Crippen LogP contribution in [0.5, 0.6) is 11.5 Å². The molecule has 3 heterocycles. The van der Waals surface area contributed by atoms with Gasteiger partial charge in [0.25, 0.3) is 5.69 Å². The van der Waals surface area contributed by atoms with E-state index in [2.05, 4.69) is 76.7 Å². The van der Waals surface area contributed by atoms with Gasteiger partial charge in [0, 0.05) is 15.6 Å². The zero-order valence-corrected chi connectivity index (χ0v) is 17.5. The lowest BCUT2D eigenvalue weighted by Gasteiger charge is -2.22. The van der Waals surface area contributed by atoms with Gasteiger partial charge >= 0.3 is 0 Å². The van der Waals surface area contributed by atoms with Crippen molar-refractivity contribution in [3.63, 3.8) is 0 Å². The van der Waals surface area contributed by atoms with Gasteiger partial charge in [0.2, 0.25) is 5.75 Å². The number of hydrogen-bond donors (Lipinski definition) is 0. The molecule has 2 aromatic heterocycles. The van der Waals surface area contributed by atoms with Gasteiger partial charge < -0.3 is 4.74 Å². The highest BCUT2D eigenvalue weighted by molar-refractivity contribution is 7.19. The smallest absolute Gasteiger partial charge is 0.257 e. The highest BCUT2D eigenvalue weighted by Crippen LogP contribution is 2.51. The number of hydrogen-bond acceptors (Lipinski definition) is 2. The van der Waals surface area contributed by atoms with Crippen molar-refractivity contribution in [1.29, 1.82) is 0 Å². The summed E-state index contributed by atoms with van der Waals surface area (Å²) >= 11 is 1.88. The number of ether oxygens (including phenoxy) is 1. The standard InChI is InChI=1S/C24H24NOS/c1-12(2)19-10-17-20(27-19)11-25(6)23-21-15(5)14(4)9-16-7-13(3)8-18(22(16)21)26-24(17)23/h7-12H,1-6H3/q+1. The summed E-state index contributed by atoms with van der Waals surface area (Å²) in [6, 6.07) is 9.06. The van der Waals surface area contributed by atoms with E-state index >= 15 is 0 Å². The van der Waals surface area contributed by atoms with E-state index in [0.29, 0.717) is 5.92 Å². The average molecular weight is 375 g/mol. The van der Waals surface area contributed by atoms with Crippen LogP contribution < -0.4 is 9.30 Å². The minimum absolute atomic E-state index is 0.522. The van der Waals surface area contributed by atoms with Crippen molar-refractivity contribution in [2.24, 2.45) is 7.05 Å². The molecule has 0 spiro atoms. The molecule has 136 valence electrons. The lowest BCUT2D eigenvalue weighted by Crippen LogP contribution is -2.32. The van der Waals surface area contributed by atoms with E-state index < -0.39 is 0 Å². The Balaban J connectivity index is 1.97. The number of aromatic nitrogens is 1. The van der Waals surface area contributed by atoms with E-state index in [0.717, 1.165) is 11.5 Å². The lowest BCUT2D eigenvalue weighted by molar-refractivity contribution is -0.659. The minimum Gasteiger partial charge on any atom is -0.449 e. The Hall–Kier alpha value is -2.39. The molecule has 0 saturated heterocycles. The summed E-state index contributed by atoms with van der Waals surface area (Å²) in [5.74, 6) is 2.51. The molecule has 27 heavy (non-hydrogen) atoms. The van der Waals surface area contributed by atoms with E-state index in [1.54, 1.807) is 0 Å². The van der Waals surface area contributed by atoms with Crippen molar-refractivity contribution in [1.82, 2.24) is 0 Å². The van der Waals surface area contributed by atoms with Gasteiger partial charge in [-0.05, 0) is 60.9 Å². The monoisotopic (exact) mass is 374 g/mol. The van der Waals surface area contributed by atoms with E-state index in [-0.39, 0.29) is 0 Å². The first-order valence-electron chi connectivity index (χ1n) is 9.54. The van der Waals surface area contributed by atoms with Crippen LogP contribution in [0.15, 0.2) is 30.5 Å². The molecule has 1 aliphatic heterocycles. The number of fused-ring (bicyclic) bond motifs is 4. The molecule has 3 heteroatoms. The first-order valence-corrected chi connectivity index (χ1v) is 10.4. The van der Waals surface area contributed by atoms with Crippen LogP contribution in [0.25, 0.3) is 32.1 Å². The summed E-state index contributed by atoms with van der Waals surface area (Å²) in [5, 5.41) is 3.74. The van der Waals surface area contributed by atoms with Crippen LogP contribution in [0.1, 0.15) is 41.3 Å². The van der Waals surface area contributed by atoms with Crippen LogP contribution in [0.4, 0.5) is 0 Å². The van der Waals surface area contributed by atoms with Crippen molar-refractivity contribution in [3.05, 3.63) is 52.0 Å². The van der Waals surface area contributed by atoms with E-state index in [9.17, 15) is 0 Å². The normalized spacial score (nSPS) is 12.7. The number of nitrogens with zero attached hydrogens (tertiary/aromatic N) is 1. The summed E-state index contributed by atoms with van der Waals surface area (Å²) in [7, 11) is 2.14. The first kappa shape index (κ1) is 16.8. The first-order chi connectivity index (χ1) is 12.8. The van der Waals surface area contributed by atoms with Gasteiger partial charge in [-0.25, -0.2) is 0 Å². The predicted octanol–water partition coefficient (Wildman–Crippen LogP) is 6.70. The zero-order valence-electron chi connectivity index (χ0n) is 16.7. The molecule has 0 aliphatic carbocycles. The van der Waals surface area contributed by atoms with Crippen LogP contribution in [0, 0.1) is 20.8 Å². The number of benzene rings is 2. The van der Waals surface area contributed by atoms with Crippen LogP contribution in [-0.4, -0.2) is 0 Å². The van der Waals surface area contributed by atoms with E-state index in [4.69, 9.17) is 4.74 Å². The van der Waals surface area contributed by atoms with Crippen molar-refractivity contribution >= 4 is 32.2 Å². The Kier molecular flexibility index (Phi) is 3.45. The van der Waals surface area contributed by atoms with Gasteiger partial charge in [0.1, 0.15) is 17.5 Å². The molecule has 1 aliphatic rings. The summed E-state index contributed by atoms with van der Waals surface area (Å²) in [6.45, 7) is 11.1. The molecule has 4 aromatic rings. The van der Waals surface area contributed by atoms with Gasteiger partial charge in [-0.15, -0.1) is 11.3 Å². The number of aryl methyl sites for hydroxylation is 3. The molecular formula is C24H24NOS+. The maximum atomic E-state index is 6.60. The van der Waals surface area contributed by atoms with Crippen molar-refractivity contribution in [2.75, 3.05) is 0 Å². The second-order valence-electron chi connectivity index (χ2n) is 8.16. The molecule has 0 amide bonds. The van der Waals surface area contributed by atoms with Gasteiger partial charge in [0.05, 0.1) is 5.56 Å². The van der Waals surface area contributed by atoms with Gasteiger partial charge in [-0.3, -0.25) is 0 Å². The maximum Gasteiger partial charge on any atom is 0.257 e. The zero-order chi connectivity index (χ0) is 19.0. The number of rotatable bonds is 1.